The monoisotopic (exact) mass is 577 g/mol. The molecule has 0 radical (unpaired) electrons. The lowest BCUT2D eigenvalue weighted by Crippen LogP contribution is -2.32. The van der Waals surface area contributed by atoms with Crippen LogP contribution in [0.15, 0.2) is 64.2 Å². The van der Waals surface area contributed by atoms with Gasteiger partial charge in [0.05, 0.1) is 12.8 Å². The predicted molar refractivity (Wildman–Crippen MR) is 142 cm³/mol. The number of hydrogen-bond donors (Lipinski definition) is 2. The number of hydrogen-bond acceptors (Lipinski definition) is 5. The Bertz CT molecular complexity index is 1270. The highest BCUT2D eigenvalue weighted by Gasteiger charge is 2.14. The van der Waals surface area contributed by atoms with E-state index in [1.807, 2.05) is 19.9 Å². The molecule has 35 heavy (non-hydrogen) atoms. The van der Waals surface area contributed by atoms with Gasteiger partial charge in [0, 0.05) is 25.8 Å². The minimum atomic E-state index is -0.895. The Morgan fingerprint density at radius 3 is 2.51 bits per heavy atom. The Balaban J connectivity index is 1.61. The van der Waals surface area contributed by atoms with Gasteiger partial charge in [-0.15, -0.1) is 0 Å². The summed E-state index contributed by atoms with van der Waals surface area (Å²) in [5, 5.41) is 7.48. The topological polar surface area (TPSA) is 89.0 Å². The van der Waals surface area contributed by atoms with E-state index in [4.69, 9.17) is 32.7 Å². The van der Waals surface area contributed by atoms with Crippen LogP contribution in [0, 0.1) is 6.92 Å². The van der Waals surface area contributed by atoms with Gasteiger partial charge < -0.3 is 14.8 Å². The van der Waals surface area contributed by atoms with Crippen molar-refractivity contribution in [2.75, 3.05) is 11.9 Å². The van der Waals surface area contributed by atoms with Crippen molar-refractivity contribution in [3.05, 3.63) is 85.8 Å². The van der Waals surface area contributed by atoms with E-state index in [1.54, 1.807) is 48.5 Å². The van der Waals surface area contributed by atoms with E-state index in [1.165, 1.54) is 6.21 Å². The van der Waals surface area contributed by atoms with Crippen LogP contribution in [0.2, 0.25) is 10.0 Å². The first-order valence-electron chi connectivity index (χ1n) is 10.5. The molecule has 3 rings (SSSR count). The van der Waals surface area contributed by atoms with Gasteiger partial charge in [-0.1, -0.05) is 45.2 Å². The second kappa shape index (κ2) is 12.6. The van der Waals surface area contributed by atoms with E-state index in [2.05, 4.69) is 31.8 Å². The first-order chi connectivity index (χ1) is 16.8. The fourth-order valence-electron chi connectivity index (χ4n) is 2.95. The molecule has 0 aliphatic rings. The zero-order chi connectivity index (χ0) is 25.4. The number of nitrogens with one attached hydrogen (secondary N) is 2. The second-order valence-corrected chi connectivity index (χ2v) is 9.04. The number of ether oxygens (including phenoxy) is 2. The molecule has 0 aliphatic carbocycles. The van der Waals surface area contributed by atoms with Gasteiger partial charge >= 0.3 is 11.8 Å². The summed E-state index contributed by atoms with van der Waals surface area (Å²) in [4.78, 5) is 24.2. The molecule has 10 heteroatoms. The maximum Gasteiger partial charge on any atom is 0.329 e. The molecule has 0 spiro atoms. The van der Waals surface area contributed by atoms with Crippen LogP contribution in [0.25, 0.3) is 0 Å². The third kappa shape index (κ3) is 7.71. The van der Waals surface area contributed by atoms with Crippen LogP contribution in [-0.4, -0.2) is 24.6 Å². The molecule has 7 nitrogen and oxygen atoms in total. The molecule has 0 unspecified atom stereocenters. The zero-order valence-corrected chi connectivity index (χ0v) is 22.0. The Morgan fingerprint density at radius 1 is 1.00 bits per heavy atom. The van der Waals surface area contributed by atoms with Crippen molar-refractivity contribution in [1.29, 1.82) is 0 Å². The number of rotatable bonds is 8. The Labute approximate surface area is 221 Å². The number of hydrazone groups is 1. The second-order valence-electron chi connectivity index (χ2n) is 7.28. The summed E-state index contributed by atoms with van der Waals surface area (Å²) in [6, 6.07) is 15.7. The number of aryl methyl sites for hydroxylation is 1. The van der Waals surface area contributed by atoms with Crippen molar-refractivity contribution in [1.82, 2.24) is 5.43 Å². The quantitative estimate of drug-likeness (QED) is 0.191. The third-order valence-corrected chi connectivity index (χ3v) is 5.77. The van der Waals surface area contributed by atoms with Crippen molar-refractivity contribution in [3.8, 4) is 11.5 Å². The summed E-state index contributed by atoms with van der Waals surface area (Å²) in [7, 11) is 0. The number of anilines is 1. The summed E-state index contributed by atoms with van der Waals surface area (Å²) in [5.41, 5.74) is 4.98. The molecule has 0 atom stereocenters. The van der Waals surface area contributed by atoms with Crippen LogP contribution in [-0.2, 0) is 16.2 Å². The highest BCUT2D eigenvalue weighted by molar-refractivity contribution is 9.10. The Kier molecular flexibility index (Phi) is 9.54. The third-order valence-electron chi connectivity index (χ3n) is 4.69. The van der Waals surface area contributed by atoms with Crippen molar-refractivity contribution in [2.24, 2.45) is 5.10 Å². The molecule has 0 saturated heterocycles. The van der Waals surface area contributed by atoms with Gasteiger partial charge in [0.15, 0.2) is 11.5 Å². The molecule has 0 fully saturated rings. The fourth-order valence-corrected chi connectivity index (χ4v) is 3.89. The highest BCUT2D eigenvalue weighted by Crippen LogP contribution is 2.30. The summed E-state index contributed by atoms with van der Waals surface area (Å²) < 4.78 is 12.4. The van der Waals surface area contributed by atoms with Gasteiger partial charge in [0.1, 0.15) is 6.61 Å². The van der Waals surface area contributed by atoms with Crippen molar-refractivity contribution < 1.29 is 19.1 Å². The molecule has 182 valence electrons. The van der Waals surface area contributed by atoms with Gasteiger partial charge in [0.25, 0.3) is 0 Å². The van der Waals surface area contributed by atoms with Gasteiger partial charge in [0.2, 0.25) is 0 Å². The highest BCUT2D eigenvalue weighted by atomic mass is 79.9. The average molecular weight is 579 g/mol. The predicted octanol–water partition coefficient (Wildman–Crippen LogP) is 6.13. The van der Waals surface area contributed by atoms with Crippen molar-refractivity contribution in [3.63, 3.8) is 0 Å². The summed E-state index contributed by atoms with van der Waals surface area (Å²) in [5.74, 6) is -0.708. The Hall–Kier alpha value is -3.07. The number of carbonyl (C=O) groups excluding carboxylic acids is 2. The number of amides is 2. The molecule has 0 heterocycles. The van der Waals surface area contributed by atoms with Gasteiger partial charge in [-0.2, -0.15) is 5.10 Å². The molecule has 0 saturated carbocycles. The van der Waals surface area contributed by atoms with Gasteiger partial charge in [-0.25, -0.2) is 5.43 Å². The molecular weight excluding hydrogens is 557 g/mol. The van der Waals surface area contributed by atoms with Gasteiger partial charge in [-0.3, -0.25) is 9.59 Å². The zero-order valence-electron chi connectivity index (χ0n) is 18.9. The maximum atomic E-state index is 12.1. The number of halogens is 3. The molecule has 2 amide bonds. The molecule has 3 aromatic carbocycles. The van der Waals surface area contributed by atoms with Crippen LogP contribution in [0.5, 0.6) is 11.5 Å². The smallest absolute Gasteiger partial charge is 0.329 e. The van der Waals surface area contributed by atoms with E-state index in [0.29, 0.717) is 39.4 Å². The standard InChI is InChI=1S/C25H22BrCl2N3O4/c1-3-34-23-11-16(4-9-22(23)35-14-17-5-7-19(27)12-20(17)28)13-29-31-25(33)24(32)30-21-8-6-18(26)10-15(21)2/h4-13H,3,14H2,1-2H3,(H,30,32)(H,31,33)/b29-13+. The van der Waals surface area contributed by atoms with Crippen molar-refractivity contribution >= 4 is 62.8 Å². The van der Waals surface area contributed by atoms with Crippen LogP contribution >= 0.6 is 39.1 Å². The van der Waals surface area contributed by atoms with Crippen LogP contribution < -0.4 is 20.2 Å². The molecule has 0 aliphatic heterocycles. The number of nitrogens with zero attached hydrogens (tertiary/aromatic N) is 1. The normalized spacial score (nSPS) is 10.8. The van der Waals surface area contributed by atoms with E-state index in [0.717, 1.165) is 15.6 Å². The fraction of sp³-hybridized carbons (Fsp3) is 0.160. The SMILES string of the molecule is CCOc1cc(/C=N/NC(=O)C(=O)Nc2ccc(Br)cc2C)ccc1OCc1ccc(Cl)cc1Cl. The lowest BCUT2D eigenvalue weighted by molar-refractivity contribution is -0.136. The summed E-state index contributed by atoms with van der Waals surface area (Å²) in [6.45, 7) is 4.33. The lowest BCUT2D eigenvalue weighted by atomic mass is 10.2. The number of carbonyl (C=O) groups is 2. The molecule has 2 N–H and O–H groups in total. The van der Waals surface area contributed by atoms with Crippen molar-refractivity contribution in [2.45, 2.75) is 20.5 Å². The molecule has 0 aromatic heterocycles. The molecule has 0 bridgehead atoms. The summed E-state index contributed by atoms with van der Waals surface area (Å²) in [6.07, 6.45) is 1.40. The molecule has 3 aromatic rings. The van der Waals surface area contributed by atoms with E-state index in [-0.39, 0.29) is 6.61 Å². The van der Waals surface area contributed by atoms with Gasteiger partial charge in [-0.05, 0) is 73.5 Å². The minimum Gasteiger partial charge on any atom is -0.490 e. The number of benzene rings is 3. The first kappa shape index (κ1) is 26.5. The molecular formula is C25H22BrCl2N3O4. The van der Waals surface area contributed by atoms with Crippen LogP contribution in [0.3, 0.4) is 0 Å². The minimum absolute atomic E-state index is 0.229. The largest absolute Gasteiger partial charge is 0.490 e. The maximum absolute atomic E-state index is 12.1. The Morgan fingerprint density at radius 2 is 1.80 bits per heavy atom. The van der Waals surface area contributed by atoms with Crippen LogP contribution in [0.4, 0.5) is 5.69 Å². The van der Waals surface area contributed by atoms with E-state index < -0.39 is 11.8 Å². The first-order valence-corrected chi connectivity index (χ1v) is 12.1. The average Bonchev–Trinajstić information content (AvgIpc) is 2.81. The van der Waals surface area contributed by atoms with E-state index in [9.17, 15) is 9.59 Å². The lowest BCUT2D eigenvalue weighted by Gasteiger charge is -2.13. The van der Waals surface area contributed by atoms with E-state index >= 15 is 0 Å². The van der Waals surface area contributed by atoms with Crippen LogP contribution in [0.1, 0.15) is 23.6 Å². The summed E-state index contributed by atoms with van der Waals surface area (Å²) >= 11 is 15.5.